The Bertz CT molecular complexity index is 1040. The summed E-state index contributed by atoms with van der Waals surface area (Å²) >= 11 is 7.74. The van der Waals surface area contributed by atoms with Crippen LogP contribution in [0.15, 0.2) is 60.0 Å². The van der Waals surface area contributed by atoms with Crippen molar-refractivity contribution in [1.29, 1.82) is 0 Å². The molecule has 0 radical (unpaired) electrons. The van der Waals surface area contributed by atoms with Crippen LogP contribution in [0.2, 0.25) is 5.28 Å². The Morgan fingerprint density at radius 1 is 0.962 bits per heavy atom. The van der Waals surface area contributed by atoms with Gasteiger partial charge in [-0.25, -0.2) is 4.98 Å². The van der Waals surface area contributed by atoms with Crippen LogP contribution in [-0.2, 0) is 0 Å². The van der Waals surface area contributed by atoms with Crippen LogP contribution in [0.5, 0.6) is 0 Å². The van der Waals surface area contributed by atoms with Crippen LogP contribution in [0.4, 0.5) is 11.5 Å². The normalized spacial score (nSPS) is 11.2. The van der Waals surface area contributed by atoms with Gasteiger partial charge in [-0.1, -0.05) is 56.3 Å². The van der Waals surface area contributed by atoms with Crippen molar-refractivity contribution in [2.24, 2.45) is 0 Å². The van der Waals surface area contributed by atoms with Gasteiger partial charge in [0.25, 0.3) is 0 Å². The first-order valence-corrected chi connectivity index (χ1v) is 9.74. The fraction of sp³-hybridized carbons (Fsp3) is 0.143. The van der Waals surface area contributed by atoms with E-state index in [1.54, 1.807) is 11.3 Å². The third-order valence-electron chi connectivity index (χ3n) is 4.33. The zero-order valence-electron chi connectivity index (χ0n) is 14.5. The molecule has 0 aliphatic carbocycles. The predicted octanol–water partition coefficient (Wildman–Crippen LogP) is 6.88. The Morgan fingerprint density at radius 2 is 1.69 bits per heavy atom. The van der Waals surface area contributed by atoms with Gasteiger partial charge >= 0.3 is 0 Å². The van der Waals surface area contributed by atoms with Crippen molar-refractivity contribution in [3.8, 4) is 11.1 Å². The van der Waals surface area contributed by atoms with Crippen molar-refractivity contribution in [1.82, 2.24) is 9.97 Å². The van der Waals surface area contributed by atoms with E-state index in [9.17, 15) is 0 Å². The number of nitrogens with zero attached hydrogens (tertiary/aromatic N) is 2. The number of nitrogens with one attached hydrogen (secondary N) is 1. The molecule has 2 aromatic carbocycles. The number of halogens is 1. The summed E-state index contributed by atoms with van der Waals surface area (Å²) in [6.45, 7) is 4.38. The molecular formula is C21H18ClN3S. The second-order valence-electron chi connectivity index (χ2n) is 6.44. The molecule has 1 N–H and O–H groups in total. The fourth-order valence-corrected chi connectivity index (χ4v) is 4.09. The quantitative estimate of drug-likeness (QED) is 0.393. The number of hydrogen-bond donors (Lipinski definition) is 1. The van der Waals surface area contributed by atoms with Gasteiger partial charge in [-0.05, 0) is 40.8 Å². The molecule has 130 valence electrons. The highest BCUT2D eigenvalue weighted by Crippen LogP contribution is 2.38. The molecule has 0 spiro atoms. The van der Waals surface area contributed by atoms with Crippen molar-refractivity contribution < 1.29 is 0 Å². The zero-order valence-corrected chi connectivity index (χ0v) is 16.1. The Kier molecular flexibility index (Phi) is 4.62. The van der Waals surface area contributed by atoms with Crippen LogP contribution < -0.4 is 5.32 Å². The highest BCUT2D eigenvalue weighted by atomic mass is 35.5. The third-order valence-corrected chi connectivity index (χ3v) is 5.37. The number of thiophene rings is 1. The van der Waals surface area contributed by atoms with Crippen molar-refractivity contribution >= 4 is 44.7 Å². The molecule has 5 heteroatoms. The summed E-state index contributed by atoms with van der Waals surface area (Å²) in [4.78, 5) is 9.74. The van der Waals surface area contributed by atoms with Crippen LogP contribution in [-0.4, -0.2) is 9.97 Å². The summed E-state index contributed by atoms with van der Waals surface area (Å²) in [7, 11) is 0. The second-order valence-corrected chi connectivity index (χ2v) is 7.63. The molecule has 0 aliphatic heterocycles. The highest BCUT2D eigenvalue weighted by Gasteiger charge is 2.15. The summed E-state index contributed by atoms with van der Waals surface area (Å²) in [5.74, 6) is 1.24. The minimum atomic E-state index is 0.250. The predicted molar refractivity (Wildman–Crippen MR) is 112 cm³/mol. The number of fused-ring (bicyclic) bond motifs is 1. The Balaban J connectivity index is 1.80. The molecule has 0 saturated heterocycles. The molecule has 0 bridgehead atoms. The van der Waals surface area contributed by atoms with E-state index in [-0.39, 0.29) is 5.28 Å². The topological polar surface area (TPSA) is 37.8 Å². The molecule has 0 atom stereocenters. The Hall–Kier alpha value is -2.43. The number of anilines is 2. The van der Waals surface area contributed by atoms with E-state index < -0.39 is 0 Å². The lowest BCUT2D eigenvalue weighted by molar-refractivity contribution is 0.867. The molecular weight excluding hydrogens is 362 g/mol. The second kappa shape index (κ2) is 7.06. The van der Waals surface area contributed by atoms with Gasteiger partial charge in [-0.3, -0.25) is 0 Å². The summed E-state index contributed by atoms with van der Waals surface area (Å²) in [5.41, 5.74) is 4.55. The molecule has 0 amide bonds. The molecule has 2 heterocycles. The van der Waals surface area contributed by atoms with Crippen LogP contribution in [0.3, 0.4) is 0 Å². The average molecular weight is 380 g/mol. The Morgan fingerprint density at radius 3 is 2.38 bits per heavy atom. The molecule has 0 unspecified atom stereocenters. The van der Waals surface area contributed by atoms with E-state index in [0.29, 0.717) is 5.92 Å². The first-order chi connectivity index (χ1) is 12.6. The number of rotatable bonds is 4. The minimum Gasteiger partial charge on any atom is -0.340 e. The molecule has 0 aliphatic rings. The maximum Gasteiger partial charge on any atom is 0.225 e. The van der Waals surface area contributed by atoms with Crippen LogP contribution in [0.25, 0.3) is 21.3 Å². The fourth-order valence-electron chi connectivity index (χ4n) is 2.92. The van der Waals surface area contributed by atoms with Crippen LogP contribution in [0.1, 0.15) is 25.3 Å². The van der Waals surface area contributed by atoms with Crippen molar-refractivity contribution in [2.75, 3.05) is 5.32 Å². The number of benzene rings is 2. The zero-order chi connectivity index (χ0) is 18.1. The summed E-state index contributed by atoms with van der Waals surface area (Å²) < 4.78 is 0. The SMILES string of the molecule is CC(C)c1ccc(Nc2nc(Cl)nc3scc(-c4ccccc4)c23)cc1. The van der Waals surface area contributed by atoms with Gasteiger partial charge in [0.2, 0.25) is 5.28 Å². The van der Waals surface area contributed by atoms with Crippen LogP contribution in [0, 0.1) is 0 Å². The van der Waals surface area contributed by atoms with E-state index >= 15 is 0 Å². The van der Waals surface area contributed by atoms with E-state index in [0.717, 1.165) is 32.8 Å². The molecule has 4 rings (SSSR count). The molecule has 3 nitrogen and oxygen atoms in total. The first kappa shape index (κ1) is 17.0. The lowest BCUT2D eigenvalue weighted by atomic mass is 10.0. The summed E-state index contributed by atoms with van der Waals surface area (Å²) in [5, 5.41) is 6.78. The van der Waals surface area contributed by atoms with Gasteiger partial charge in [0.1, 0.15) is 10.6 Å². The summed E-state index contributed by atoms with van der Waals surface area (Å²) in [6, 6.07) is 18.7. The van der Waals surface area contributed by atoms with E-state index in [1.807, 2.05) is 18.2 Å². The van der Waals surface area contributed by atoms with Gasteiger partial charge in [-0.2, -0.15) is 4.98 Å². The molecule has 0 saturated carbocycles. The maximum atomic E-state index is 6.16. The molecule has 26 heavy (non-hydrogen) atoms. The largest absolute Gasteiger partial charge is 0.340 e. The van der Waals surface area contributed by atoms with Crippen molar-refractivity contribution in [3.05, 3.63) is 70.8 Å². The van der Waals surface area contributed by atoms with Crippen molar-refractivity contribution in [3.63, 3.8) is 0 Å². The first-order valence-electron chi connectivity index (χ1n) is 8.49. The lowest BCUT2D eigenvalue weighted by Crippen LogP contribution is -1.97. The minimum absolute atomic E-state index is 0.250. The van der Waals surface area contributed by atoms with E-state index in [4.69, 9.17) is 11.6 Å². The summed E-state index contributed by atoms with van der Waals surface area (Å²) in [6.07, 6.45) is 0. The molecule has 0 fully saturated rings. The maximum absolute atomic E-state index is 6.16. The van der Waals surface area contributed by atoms with Gasteiger partial charge in [-0.15, -0.1) is 11.3 Å². The number of hydrogen-bond acceptors (Lipinski definition) is 4. The van der Waals surface area contributed by atoms with Gasteiger partial charge < -0.3 is 5.32 Å². The molecule has 4 aromatic rings. The van der Waals surface area contributed by atoms with E-state index in [1.165, 1.54) is 5.56 Å². The van der Waals surface area contributed by atoms with Crippen molar-refractivity contribution in [2.45, 2.75) is 19.8 Å². The van der Waals surface area contributed by atoms with Gasteiger partial charge in [0.15, 0.2) is 0 Å². The highest BCUT2D eigenvalue weighted by molar-refractivity contribution is 7.17. The third kappa shape index (κ3) is 3.30. The lowest BCUT2D eigenvalue weighted by Gasteiger charge is -2.11. The Labute approximate surface area is 161 Å². The average Bonchev–Trinajstić information content (AvgIpc) is 3.07. The molecule has 2 aromatic heterocycles. The standard InChI is InChI=1S/C21H18ClN3S/c1-13(2)14-8-10-16(11-9-14)23-19-18-17(15-6-4-3-5-7-15)12-26-20(18)25-21(22)24-19/h3-13H,1-2H3,(H,23,24,25). The number of aromatic nitrogens is 2. The van der Waals surface area contributed by atoms with Gasteiger partial charge in [0.05, 0.1) is 5.39 Å². The van der Waals surface area contributed by atoms with Gasteiger partial charge in [0, 0.05) is 16.6 Å². The smallest absolute Gasteiger partial charge is 0.225 e. The van der Waals surface area contributed by atoms with E-state index in [2.05, 4.69) is 70.9 Å². The monoisotopic (exact) mass is 379 g/mol. The van der Waals surface area contributed by atoms with Crippen LogP contribution >= 0.6 is 22.9 Å².